The molecule has 2 aliphatic heterocycles. The van der Waals surface area contributed by atoms with E-state index in [0.29, 0.717) is 0 Å². The first kappa shape index (κ1) is 36.4. The van der Waals surface area contributed by atoms with Crippen LogP contribution in [-0.4, -0.2) is 6.71 Å². The topological polar surface area (TPSA) is 19.6 Å². The van der Waals surface area contributed by atoms with Gasteiger partial charge in [0.05, 0.1) is 0 Å². The lowest BCUT2D eigenvalue weighted by molar-refractivity contribution is 0.590. The molecule has 0 fully saturated rings. The van der Waals surface area contributed by atoms with Crippen molar-refractivity contribution in [2.45, 2.75) is 78.6 Å². The molecule has 2 aliphatic rings. The van der Waals surface area contributed by atoms with Crippen LogP contribution in [0.25, 0.3) is 33.1 Å². The van der Waals surface area contributed by atoms with Crippen LogP contribution in [0.15, 0.2) is 150 Å². The third kappa shape index (κ3) is 5.79. The average molecular weight is 755 g/mol. The van der Waals surface area contributed by atoms with Crippen molar-refractivity contribution in [2.24, 2.45) is 0 Å². The molecule has 0 unspecified atom stereocenters. The SMILES string of the molecule is CC(C)(C)c1ccc(N2c3ccc(C(C)(C)C)cc3B3c4cc(C(C)(C)C)ccc4N(c4ccc(-c5ccc6oc7ccccc7c6c5)cc4)c4cccc2c43)cc1. The molecule has 8 aromatic rings. The summed E-state index contributed by atoms with van der Waals surface area (Å²) in [5.74, 6) is 0. The van der Waals surface area contributed by atoms with Crippen molar-refractivity contribution in [1.82, 2.24) is 0 Å². The summed E-state index contributed by atoms with van der Waals surface area (Å²) in [5.41, 5.74) is 19.6. The van der Waals surface area contributed by atoms with Gasteiger partial charge in [0, 0.05) is 44.9 Å². The summed E-state index contributed by atoms with van der Waals surface area (Å²) in [6.07, 6.45) is 0. The smallest absolute Gasteiger partial charge is 0.252 e. The zero-order valence-corrected chi connectivity index (χ0v) is 35.2. The maximum atomic E-state index is 6.16. The summed E-state index contributed by atoms with van der Waals surface area (Å²) < 4.78 is 6.16. The van der Waals surface area contributed by atoms with E-state index in [9.17, 15) is 0 Å². The van der Waals surface area contributed by atoms with Crippen LogP contribution in [-0.2, 0) is 16.2 Å². The van der Waals surface area contributed by atoms with Gasteiger partial charge in [-0.2, -0.15) is 0 Å². The van der Waals surface area contributed by atoms with Crippen LogP contribution in [0.5, 0.6) is 0 Å². The predicted molar refractivity (Wildman–Crippen MR) is 249 cm³/mol. The molecule has 0 aliphatic carbocycles. The first-order valence-electron chi connectivity index (χ1n) is 20.8. The van der Waals surface area contributed by atoms with Crippen LogP contribution in [0.4, 0.5) is 34.1 Å². The van der Waals surface area contributed by atoms with Gasteiger partial charge in [-0.15, -0.1) is 0 Å². The molecule has 1 aromatic heterocycles. The number of para-hydroxylation sites is 1. The van der Waals surface area contributed by atoms with Gasteiger partial charge in [0.25, 0.3) is 6.71 Å². The summed E-state index contributed by atoms with van der Waals surface area (Å²) in [6.45, 7) is 20.9. The Labute approximate surface area is 344 Å². The number of anilines is 6. The Morgan fingerprint density at radius 2 is 0.879 bits per heavy atom. The van der Waals surface area contributed by atoms with E-state index >= 15 is 0 Å². The molecule has 0 atom stereocenters. The fraction of sp³-hybridized carbons (Fsp3) is 0.222. The van der Waals surface area contributed by atoms with E-state index in [2.05, 4.69) is 206 Å². The molecule has 0 saturated carbocycles. The highest BCUT2D eigenvalue weighted by Crippen LogP contribution is 2.45. The van der Waals surface area contributed by atoms with Gasteiger partial charge in [-0.25, -0.2) is 0 Å². The molecule has 4 heteroatoms. The Morgan fingerprint density at radius 1 is 0.397 bits per heavy atom. The second-order valence-corrected chi connectivity index (χ2v) is 19.5. The minimum absolute atomic E-state index is 0.00177. The molecule has 58 heavy (non-hydrogen) atoms. The lowest BCUT2D eigenvalue weighted by Gasteiger charge is -2.45. The van der Waals surface area contributed by atoms with Crippen LogP contribution in [0.3, 0.4) is 0 Å². The minimum atomic E-state index is -0.00565. The molecular formula is C54H51BN2O. The molecule has 286 valence electrons. The Balaban J connectivity index is 1.18. The Bertz CT molecular complexity index is 2900. The van der Waals surface area contributed by atoms with Gasteiger partial charge >= 0.3 is 0 Å². The molecule has 0 spiro atoms. The summed E-state index contributed by atoms with van der Waals surface area (Å²) in [6, 6.07) is 54.6. The fourth-order valence-corrected chi connectivity index (χ4v) is 9.25. The van der Waals surface area contributed by atoms with E-state index in [-0.39, 0.29) is 23.0 Å². The monoisotopic (exact) mass is 754 g/mol. The predicted octanol–water partition coefficient (Wildman–Crippen LogP) is 13.2. The zero-order chi connectivity index (χ0) is 40.3. The molecule has 3 heterocycles. The molecule has 0 N–H and O–H groups in total. The molecule has 0 saturated heterocycles. The van der Waals surface area contributed by atoms with Gasteiger partial charge in [-0.3, -0.25) is 0 Å². The summed E-state index contributed by atoms with van der Waals surface area (Å²) in [7, 11) is 0. The summed E-state index contributed by atoms with van der Waals surface area (Å²) in [5, 5.41) is 2.29. The lowest BCUT2D eigenvalue weighted by atomic mass is 9.33. The van der Waals surface area contributed by atoms with E-state index in [1.165, 1.54) is 72.6 Å². The number of rotatable bonds is 3. The quantitative estimate of drug-likeness (QED) is 0.168. The molecule has 0 bridgehead atoms. The number of benzene rings is 7. The minimum Gasteiger partial charge on any atom is -0.456 e. The average Bonchev–Trinajstić information content (AvgIpc) is 3.57. The maximum absolute atomic E-state index is 6.16. The molecule has 0 amide bonds. The van der Waals surface area contributed by atoms with Gasteiger partial charge in [0.2, 0.25) is 0 Å². The van der Waals surface area contributed by atoms with E-state index in [4.69, 9.17) is 4.42 Å². The van der Waals surface area contributed by atoms with Crippen LogP contribution >= 0.6 is 0 Å². The van der Waals surface area contributed by atoms with Crippen molar-refractivity contribution in [3.05, 3.63) is 162 Å². The highest BCUT2D eigenvalue weighted by atomic mass is 16.3. The van der Waals surface area contributed by atoms with Crippen LogP contribution in [0.1, 0.15) is 79.0 Å². The number of fused-ring (bicyclic) bond motifs is 7. The second-order valence-electron chi connectivity index (χ2n) is 19.5. The van der Waals surface area contributed by atoms with E-state index in [1.54, 1.807) is 0 Å². The Kier molecular flexibility index (Phi) is 7.99. The van der Waals surface area contributed by atoms with Crippen LogP contribution in [0, 0.1) is 0 Å². The van der Waals surface area contributed by atoms with Crippen molar-refractivity contribution in [2.75, 3.05) is 9.80 Å². The van der Waals surface area contributed by atoms with Crippen LogP contribution in [0.2, 0.25) is 0 Å². The number of hydrogen-bond donors (Lipinski definition) is 0. The molecule has 3 nitrogen and oxygen atoms in total. The lowest BCUT2D eigenvalue weighted by Crippen LogP contribution is -2.61. The summed E-state index contributed by atoms with van der Waals surface area (Å²) >= 11 is 0. The van der Waals surface area contributed by atoms with Gasteiger partial charge in [-0.1, -0.05) is 141 Å². The molecule has 10 rings (SSSR count). The highest BCUT2D eigenvalue weighted by molar-refractivity contribution is 7.00. The third-order valence-electron chi connectivity index (χ3n) is 12.5. The fourth-order valence-electron chi connectivity index (χ4n) is 9.25. The van der Waals surface area contributed by atoms with Crippen molar-refractivity contribution in [3.63, 3.8) is 0 Å². The van der Waals surface area contributed by atoms with E-state index < -0.39 is 0 Å². The van der Waals surface area contributed by atoms with E-state index in [1.807, 2.05) is 12.1 Å². The van der Waals surface area contributed by atoms with Crippen molar-refractivity contribution in [3.8, 4) is 11.1 Å². The maximum Gasteiger partial charge on any atom is 0.252 e. The Morgan fingerprint density at radius 3 is 1.43 bits per heavy atom. The van der Waals surface area contributed by atoms with Gasteiger partial charge in [0.1, 0.15) is 11.2 Å². The third-order valence-corrected chi connectivity index (χ3v) is 12.5. The molecule has 7 aromatic carbocycles. The first-order valence-corrected chi connectivity index (χ1v) is 20.8. The molecular weight excluding hydrogens is 703 g/mol. The second kappa shape index (κ2) is 12.8. The standard InChI is InChI=1S/C54H51BN2O/c1-52(2,3)36-20-26-40(27-21-36)57-46-29-23-38(54(7,8)9)33-44(46)55-43-32-37(53(4,5)6)22-28-45(43)56(47-14-12-15-48(57)51(47)55)39-24-17-34(18-25-39)35-19-30-50-42(31-35)41-13-10-11-16-49(41)58-50/h10-33H,1-9H3. The molecule has 0 radical (unpaired) electrons. The van der Waals surface area contributed by atoms with Crippen molar-refractivity contribution < 1.29 is 4.42 Å². The van der Waals surface area contributed by atoms with Crippen molar-refractivity contribution in [1.29, 1.82) is 0 Å². The van der Waals surface area contributed by atoms with Gasteiger partial charge in [0.15, 0.2) is 0 Å². The first-order chi connectivity index (χ1) is 27.6. The van der Waals surface area contributed by atoms with Crippen molar-refractivity contribution >= 4 is 79.2 Å². The van der Waals surface area contributed by atoms with Gasteiger partial charge < -0.3 is 14.2 Å². The van der Waals surface area contributed by atoms with E-state index in [0.717, 1.165) is 27.6 Å². The van der Waals surface area contributed by atoms with Crippen LogP contribution < -0.4 is 26.2 Å². The summed E-state index contributed by atoms with van der Waals surface area (Å²) in [4.78, 5) is 5.02. The zero-order valence-electron chi connectivity index (χ0n) is 35.2. The highest BCUT2D eigenvalue weighted by Gasteiger charge is 2.44. The number of furan rings is 1. The Hall–Kier alpha value is -6.00. The normalized spacial score (nSPS) is 13.8. The van der Waals surface area contributed by atoms with Gasteiger partial charge in [-0.05, 0) is 127 Å². The number of hydrogen-bond acceptors (Lipinski definition) is 3. The largest absolute Gasteiger partial charge is 0.456 e. The number of nitrogens with zero attached hydrogens (tertiary/aromatic N) is 2.